The summed E-state index contributed by atoms with van der Waals surface area (Å²) in [4.78, 5) is 16.4. The van der Waals surface area contributed by atoms with E-state index in [4.69, 9.17) is 5.26 Å². The molecule has 0 fully saturated rings. The summed E-state index contributed by atoms with van der Waals surface area (Å²) in [5.74, 6) is -0.182. The summed E-state index contributed by atoms with van der Waals surface area (Å²) in [6.45, 7) is 0.383. The molecule has 0 aliphatic rings. The van der Waals surface area contributed by atoms with Crippen molar-refractivity contribution in [3.63, 3.8) is 0 Å². The van der Waals surface area contributed by atoms with Gasteiger partial charge in [-0.15, -0.1) is 0 Å². The van der Waals surface area contributed by atoms with Crippen molar-refractivity contribution in [1.29, 1.82) is 5.26 Å². The van der Waals surface area contributed by atoms with Gasteiger partial charge in [-0.3, -0.25) is 9.78 Å². The Hall–Kier alpha value is -2.71. The number of nitrogens with one attached hydrogen (secondary N) is 1. The fraction of sp³-hybridized carbons (Fsp3) is 0.316. The van der Waals surface area contributed by atoms with Crippen molar-refractivity contribution in [2.45, 2.75) is 19.3 Å². The summed E-state index contributed by atoms with van der Waals surface area (Å²) in [6, 6.07) is 15.2. The van der Waals surface area contributed by atoms with E-state index >= 15 is 0 Å². The number of pyridine rings is 1. The first kappa shape index (κ1) is 17.6. The Kier molecular flexibility index (Phi) is 6.93. The lowest BCUT2D eigenvalue weighted by atomic mass is 10.0. The highest BCUT2D eigenvalue weighted by atomic mass is 16.3. The number of nitrogens with zero attached hydrogens (tertiary/aromatic N) is 2. The monoisotopic (exact) mass is 323 g/mol. The molecule has 0 bridgehead atoms. The maximum absolute atomic E-state index is 12.2. The third-order valence-corrected chi connectivity index (χ3v) is 3.81. The molecular formula is C19H21N3O2. The molecule has 0 spiro atoms. The predicted octanol–water partition coefficient (Wildman–Crippen LogP) is 1.66. The van der Waals surface area contributed by atoms with Crippen LogP contribution in [0.25, 0.3) is 0 Å². The molecule has 0 saturated heterocycles. The summed E-state index contributed by atoms with van der Waals surface area (Å²) in [5, 5.41) is 21.2. The van der Waals surface area contributed by atoms with Gasteiger partial charge in [0.05, 0.1) is 18.9 Å². The van der Waals surface area contributed by atoms with E-state index in [1.807, 2.05) is 42.5 Å². The number of aliphatic hydroxyl groups excluding tert-OH is 1. The number of amides is 1. The van der Waals surface area contributed by atoms with Crippen LogP contribution in [0.15, 0.2) is 48.7 Å². The van der Waals surface area contributed by atoms with Gasteiger partial charge in [0.25, 0.3) is 0 Å². The lowest BCUT2D eigenvalue weighted by Crippen LogP contribution is -2.33. The lowest BCUT2D eigenvalue weighted by molar-refractivity contribution is -0.120. The van der Waals surface area contributed by atoms with Crippen molar-refractivity contribution in [3.8, 4) is 6.07 Å². The topological polar surface area (TPSA) is 86.0 Å². The summed E-state index contributed by atoms with van der Waals surface area (Å²) in [5.41, 5.74) is 2.63. The van der Waals surface area contributed by atoms with Gasteiger partial charge in [0.2, 0.25) is 5.91 Å². The minimum atomic E-state index is -0.111. The fourth-order valence-electron chi connectivity index (χ4n) is 2.50. The predicted molar refractivity (Wildman–Crippen MR) is 91.0 cm³/mol. The van der Waals surface area contributed by atoms with E-state index < -0.39 is 0 Å². The Morgan fingerprint density at radius 2 is 1.96 bits per heavy atom. The van der Waals surface area contributed by atoms with Gasteiger partial charge in [-0.05, 0) is 29.7 Å². The van der Waals surface area contributed by atoms with Gasteiger partial charge in [0, 0.05) is 31.0 Å². The Morgan fingerprint density at radius 1 is 1.21 bits per heavy atom. The molecular weight excluding hydrogens is 302 g/mol. The highest BCUT2D eigenvalue weighted by Gasteiger charge is 2.12. The number of hydrogen-bond donors (Lipinski definition) is 2. The number of benzene rings is 1. The second kappa shape index (κ2) is 9.43. The second-order valence-electron chi connectivity index (χ2n) is 5.66. The normalized spacial score (nSPS) is 11.5. The van der Waals surface area contributed by atoms with E-state index in [2.05, 4.69) is 16.4 Å². The number of hydrogen-bond acceptors (Lipinski definition) is 4. The average molecular weight is 323 g/mol. The number of nitriles is 1. The third-order valence-electron chi connectivity index (χ3n) is 3.81. The molecule has 2 N–H and O–H groups in total. The minimum Gasteiger partial charge on any atom is -0.396 e. The Labute approximate surface area is 142 Å². The molecule has 1 amide bonds. The van der Waals surface area contributed by atoms with Crippen LogP contribution in [0.2, 0.25) is 0 Å². The molecule has 2 aromatic rings. The summed E-state index contributed by atoms with van der Waals surface area (Å²) < 4.78 is 0. The van der Waals surface area contributed by atoms with E-state index in [1.54, 1.807) is 6.20 Å². The number of aromatic nitrogens is 1. The molecule has 5 heteroatoms. The van der Waals surface area contributed by atoms with Crippen molar-refractivity contribution < 1.29 is 9.90 Å². The van der Waals surface area contributed by atoms with E-state index in [-0.39, 0.29) is 24.9 Å². The zero-order valence-electron chi connectivity index (χ0n) is 13.5. The Bertz CT molecular complexity index is 695. The Morgan fingerprint density at radius 3 is 2.62 bits per heavy atom. The zero-order chi connectivity index (χ0) is 17.2. The standard InChI is InChI=1S/C19H21N3O2/c20-9-8-16-5-1-2-6-17(16)12-19(24)22-13-15(14-23)11-18-7-3-4-10-21-18/h1-7,10,15,23H,8,11-14H2,(H,22,24). The van der Waals surface area contributed by atoms with Crippen LogP contribution in [0.1, 0.15) is 16.8 Å². The highest BCUT2D eigenvalue weighted by molar-refractivity contribution is 5.79. The molecule has 0 aliphatic heterocycles. The first-order valence-corrected chi connectivity index (χ1v) is 7.94. The molecule has 24 heavy (non-hydrogen) atoms. The zero-order valence-corrected chi connectivity index (χ0v) is 13.5. The van der Waals surface area contributed by atoms with E-state index in [1.165, 1.54) is 0 Å². The molecule has 1 heterocycles. The molecule has 124 valence electrons. The molecule has 1 aromatic heterocycles. The van der Waals surface area contributed by atoms with E-state index in [9.17, 15) is 9.90 Å². The number of rotatable bonds is 8. The summed E-state index contributed by atoms with van der Waals surface area (Å²) in [7, 11) is 0. The quantitative estimate of drug-likeness (QED) is 0.773. The molecule has 0 radical (unpaired) electrons. The van der Waals surface area contributed by atoms with Gasteiger partial charge in [0.15, 0.2) is 0 Å². The second-order valence-corrected chi connectivity index (χ2v) is 5.66. The maximum Gasteiger partial charge on any atom is 0.224 e. The summed E-state index contributed by atoms with van der Waals surface area (Å²) in [6.07, 6.45) is 2.86. The molecule has 1 aromatic carbocycles. The SMILES string of the molecule is N#CCc1ccccc1CC(=O)NCC(CO)Cc1ccccn1. The van der Waals surface area contributed by atoms with Crippen molar-refractivity contribution in [1.82, 2.24) is 10.3 Å². The van der Waals surface area contributed by atoms with Crippen LogP contribution in [0.5, 0.6) is 0 Å². The fourth-order valence-corrected chi connectivity index (χ4v) is 2.50. The maximum atomic E-state index is 12.2. The largest absolute Gasteiger partial charge is 0.396 e. The number of aliphatic hydroxyl groups is 1. The van der Waals surface area contributed by atoms with Gasteiger partial charge in [-0.2, -0.15) is 5.26 Å². The van der Waals surface area contributed by atoms with Gasteiger partial charge in [0.1, 0.15) is 0 Å². The van der Waals surface area contributed by atoms with Crippen LogP contribution >= 0.6 is 0 Å². The average Bonchev–Trinajstić information content (AvgIpc) is 2.61. The molecule has 0 aliphatic carbocycles. The van der Waals surface area contributed by atoms with E-state index in [0.717, 1.165) is 16.8 Å². The third kappa shape index (κ3) is 5.49. The van der Waals surface area contributed by atoms with Crippen molar-refractivity contribution in [2.75, 3.05) is 13.2 Å². The van der Waals surface area contributed by atoms with Crippen molar-refractivity contribution in [2.24, 2.45) is 5.92 Å². The molecule has 1 atom stereocenters. The molecule has 0 saturated carbocycles. The molecule has 1 unspecified atom stereocenters. The smallest absolute Gasteiger partial charge is 0.224 e. The Balaban J connectivity index is 1.87. The lowest BCUT2D eigenvalue weighted by Gasteiger charge is -2.15. The van der Waals surface area contributed by atoms with E-state index in [0.29, 0.717) is 19.4 Å². The molecule has 2 rings (SSSR count). The van der Waals surface area contributed by atoms with Crippen molar-refractivity contribution in [3.05, 3.63) is 65.5 Å². The highest BCUT2D eigenvalue weighted by Crippen LogP contribution is 2.10. The van der Waals surface area contributed by atoms with Crippen LogP contribution in [-0.2, 0) is 24.1 Å². The van der Waals surface area contributed by atoms with Gasteiger partial charge >= 0.3 is 0 Å². The summed E-state index contributed by atoms with van der Waals surface area (Å²) >= 11 is 0. The van der Waals surface area contributed by atoms with Gasteiger partial charge in [-0.1, -0.05) is 30.3 Å². The number of carbonyl (C=O) groups is 1. The first-order chi connectivity index (χ1) is 11.7. The number of carbonyl (C=O) groups excluding carboxylic acids is 1. The van der Waals surface area contributed by atoms with Crippen LogP contribution in [-0.4, -0.2) is 29.1 Å². The minimum absolute atomic E-state index is 0.0120. The van der Waals surface area contributed by atoms with Crippen LogP contribution in [0.3, 0.4) is 0 Å². The van der Waals surface area contributed by atoms with Crippen molar-refractivity contribution >= 4 is 5.91 Å². The van der Waals surface area contributed by atoms with Crippen LogP contribution in [0, 0.1) is 17.2 Å². The molecule has 5 nitrogen and oxygen atoms in total. The first-order valence-electron chi connectivity index (χ1n) is 7.94. The van der Waals surface area contributed by atoms with Gasteiger partial charge < -0.3 is 10.4 Å². The van der Waals surface area contributed by atoms with Crippen LogP contribution in [0.4, 0.5) is 0 Å². The van der Waals surface area contributed by atoms with Crippen LogP contribution < -0.4 is 5.32 Å². The van der Waals surface area contributed by atoms with Gasteiger partial charge in [-0.25, -0.2) is 0 Å².